The first-order valence-electron chi connectivity index (χ1n) is 7.97. The molecule has 1 aliphatic rings. The molecule has 0 spiro atoms. The number of pyridine rings is 1. The van der Waals surface area contributed by atoms with E-state index < -0.39 is 10.0 Å². The number of aryl methyl sites for hydroxylation is 1. The lowest BCUT2D eigenvalue weighted by molar-refractivity contribution is 0.180. The molecular weight excluding hydrogens is 342 g/mol. The van der Waals surface area contributed by atoms with Crippen molar-refractivity contribution in [3.05, 3.63) is 36.3 Å². The summed E-state index contributed by atoms with van der Waals surface area (Å²) in [5, 5.41) is 13.0. The normalized spacial score (nSPS) is 16.5. The molecule has 3 heterocycles. The second-order valence-electron chi connectivity index (χ2n) is 5.98. The number of nitrogens with zero attached hydrogens (tertiary/aromatic N) is 5. The summed E-state index contributed by atoms with van der Waals surface area (Å²) in [4.78, 5) is 4.29. The van der Waals surface area contributed by atoms with E-state index in [-0.39, 0.29) is 10.8 Å². The predicted molar refractivity (Wildman–Crippen MR) is 89.1 cm³/mol. The molecule has 8 nitrogen and oxygen atoms in total. The lowest BCUT2D eigenvalue weighted by atomic mass is 9.99. The van der Waals surface area contributed by atoms with Crippen LogP contribution in [0.25, 0.3) is 0 Å². The summed E-state index contributed by atoms with van der Waals surface area (Å²) in [6, 6.07) is 5.39. The van der Waals surface area contributed by atoms with Crippen LogP contribution in [0.3, 0.4) is 0 Å². The third-order valence-electron chi connectivity index (χ3n) is 4.24. The van der Waals surface area contributed by atoms with E-state index in [9.17, 15) is 8.42 Å². The van der Waals surface area contributed by atoms with E-state index in [0.29, 0.717) is 44.0 Å². The summed E-state index contributed by atoms with van der Waals surface area (Å²) in [7, 11) is -1.80. The van der Waals surface area contributed by atoms with Gasteiger partial charge < -0.3 is 4.74 Å². The Labute approximate surface area is 146 Å². The van der Waals surface area contributed by atoms with E-state index in [4.69, 9.17) is 10.00 Å². The van der Waals surface area contributed by atoms with Gasteiger partial charge in [-0.25, -0.2) is 13.4 Å². The number of ether oxygens (including phenoxy) is 1. The fourth-order valence-corrected chi connectivity index (χ4v) is 4.24. The lowest BCUT2D eigenvalue weighted by Gasteiger charge is -2.30. The fourth-order valence-electron chi connectivity index (χ4n) is 2.79. The molecule has 9 heteroatoms. The summed E-state index contributed by atoms with van der Waals surface area (Å²) >= 11 is 0. The molecule has 2 aromatic heterocycles. The van der Waals surface area contributed by atoms with Gasteiger partial charge in [0.2, 0.25) is 15.9 Å². The van der Waals surface area contributed by atoms with Gasteiger partial charge in [0, 0.05) is 32.5 Å². The maximum absolute atomic E-state index is 12.6. The average molecular weight is 361 g/mol. The van der Waals surface area contributed by atoms with Crippen molar-refractivity contribution in [2.75, 3.05) is 19.7 Å². The van der Waals surface area contributed by atoms with Crippen molar-refractivity contribution < 1.29 is 13.2 Å². The summed E-state index contributed by atoms with van der Waals surface area (Å²) < 4.78 is 33.8. The molecule has 2 aromatic rings. The highest BCUT2D eigenvalue weighted by Crippen LogP contribution is 2.24. The number of sulfonamides is 1. The third kappa shape index (κ3) is 3.81. The second kappa shape index (κ2) is 7.21. The van der Waals surface area contributed by atoms with Gasteiger partial charge in [-0.2, -0.15) is 14.7 Å². The van der Waals surface area contributed by atoms with Crippen molar-refractivity contribution in [3.8, 4) is 11.9 Å². The molecule has 0 radical (unpaired) electrons. The van der Waals surface area contributed by atoms with Gasteiger partial charge in [0.25, 0.3) is 0 Å². The summed E-state index contributed by atoms with van der Waals surface area (Å²) in [5.74, 6) is 0.560. The van der Waals surface area contributed by atoms with Gasteiger partial charge in [-0.05, 0) is 30.9 Å². The maximum atomic E-state index is 12.6. The maximum Gasteiger partial charge on any atom is 0.246 e. The molecule has 0 amide bonds. The average Bonchev–Trinajstić information content (AvgIpc) is 3.08. The molecule has 132 valence electrons. The van der Waals surface area contributed by atoms with Crippen LogP contribution in [-0.4, -0.2) is 47.2 Å². The Kier molecular flexibility index (Phi) is 5.01. The zero-order valence-corrected chi connectivity index (χ0v) is 14.7. The van der Waals surface area contributed by atoms with Gasteiger partial charge in [-0.1, -0.05) is 0 Å². The molecule has 0 bridgehead atoms. The van der Waals surface area contributed by atoms with Crippen LogP contribution in [0, 0.1) is 17.2 Å². The first kappa shape index (κ1) is 17.4. The Hall–Kier alpha value is -2.44. The second-order valence-corrected chi connectivity index (χ2v) is 7.91. The summed E-state index contributed by atoms with van der Waals surface area (Å²) in [6.07, 6.45) is 5.87. The first-order valence-corrected chi connectivity index (χ1v) is 9.41. The number of hydrogen-bond acceptors (Lipinski definition) is 6. The summed E-state index contributed by atoms with van der Waals surface area (Å²) in [6.45, 7) is 1.31. The Morgan fingerprint density at radius 2 is 2.16 bits per heavy atom. The van der Waals surface area contributed by atoms with Crippen LogP contribution in [0.4, 0.5) is 0 Å². The Morgan fingerprint density at radius 3 is 2.80 bits per heavy atom. The molecule has 0 atom stereocenters. The topological polar surface area (TPSA) is 101 Å². The molecule has 0 unspecified atom stereocenters. The fraction of sp³-hybridized carbons (Fsp3) is 0.438. The van der Waals surface area contributed by atoms with E-state index in [1.165, 1.54) is 21.4 Å². The standard InChI is InChI=1S/C16H19N5O3S/c1-20-11-15(10-19-20)25(22,23)21-7-4-13(5-8-21)12-24-16-14(9-17)3-2-6-18-16/h2-3,6,10-11,13H,4-5,7-8,12H2,1H3. The Morgan fingerprint density at radius 1 is 1.40 bits per heavy atom. The molecule has 25 heavy (non-hydrogen) atoms. The number of rotatable bonds is 5. The Balaban J connectivity index is 1.56. The lowest BCUT2D eigenvalue weighted by Crippen LogP contribution is -2.39. The van der Waals surface area contributed by atoms with Crippen molar-refractivity contribution in [1.29, 1.82) is 5.26 Å². The molecule has 1 aliphatic heterocycles. The summed E-state index contributed by atoms with van der Waals surface area (Å²) in [5.41, 5.74) is 0.402. The molecule has 0 saturated carbocycles. The van der Waals surface area contributed by atoms with Gasteiger partial charge in [0.05, 0.1) is 12.8 Å². The van der Waals surface area contributed by atoms with Crippen LogP contribution in [0.1, 0.15) is 18.4 Å². The number of nitriles is 1. The van der Waals surface area contributed by atoms with Gasteiger partial charge in [-0.15, -0.1) is 0 Å². The molecule has 0 N–H and O–H groups in total. The van der Waals surface area contributed by atoms with E-state index in [1.807, 2.05) is 6.07 Å². The molecule has 0 aliphatic carbocycles. The van der Waals surface area contributed by atoms with Crippen LogP contribution in [0.2, 0.25) is 0 Å². The van der Waals surface area contributed by atoms with Crippen molar-refractivity contribution >= 4 is 10.0 Å². The highest BCUT2D eigenvalue weighted by molar-refractivity contribution is 7.89. The highest BCUT2D eigenvalue weighted by Gasteiger charge is 2.30. The SMILES string of the molecule is Cn1cc(S(=O)(=O)N2CCC(COc3ncccc3C#N)CC2)cn1. The molecule has 3 rings (SSSR count). The minimum atomic E-state index is -3.49. The van der Waals surface area contributed by atoms with Crippen molar-refractivity contribution in [1.82, 2.24) is 19.1 Å². The van der Waals surface area contributed by atoms with E-state index in [1.54, 1.807) is 25.4 Å². The van der Waals surface area contributed by atoms with Crippen LogP contribution in [-0.2, 0) is 17.1 Å². The third-order valence-corrected chi connectivity index (χ3v) is 6.09. The van der Waals surface area contributed by atoms with Gasteiger partial charge in [-0.3, -0.25) is 4.68 Å². The smallest absolute Gasteiger partial charge is 0.246 e. The molecule has 1 saturated heterocycles. The minimum Gasteiger partial charge on any atom is -0.476 e. The van der Waals surface area contributed by atoms with Crippen LogP contribution in [0.5, 0.6) is 5.88 Å². The van der Waals surface area contributed by atoms with Crippen LogP contribution < -0.4 is 4.74 Å². The van der Waals surface area contributed by atoms with E-state index >= 15 is 0 Å². The van der Waals surface area contributed by atoms with Crippen molar-refractivity contribution in [3.63, 3.8) is 0 Å². The van der Waals surface area contributed by atoms with Gasteiger partial charge >= 0.3 is 0 Å². The van der Waals surface area contributed by atoms with Gasteiger partial charge in [0.1, 0.15) is 16.5 Å². The Bertz CT molecular complexity index is 879. The van der Waals surface area contributed by atoms with Gasteiger partial charge in [0.15, 0.2) is 0 Å². The number of piperidine rings is 1. The molecular formula is C16H19N5O3S. The zero-order chi connectivity index (χ0) is 17.9. The van der Waals surface area contributed by atoms with E-state index in [2.05, 4.69) is 10.1 Å². The highest BCUT2D eigenvalue weighted by atomic mass is 32.2. The number of aromatic nitrogens is 3. The van der Waals surface area contributed by atoms with Crippen molar-refractivity contribution in [2.24, 2.45) is 13.0 Å². The largest absolute Gasteiger partial charge is 0.476 e. The predicted octanol–water partition coefficient (Wildman–Crippen LogP) is 1.17. The minimum absolute atomic E-state index is 0.219. The molecule has 0 aromatic carbocycles. The number of hydrogen-bond donors (Lipinski definition) is 0. The van der Waals surface area contributed by atoms with E-state index in [0.717, 1.165) is 0 Å². The zero-order valence-electron chi connectivity index (χ0n) is 13.9. The van der Waals surface area contributed by atoms with Crippen LogP contribution >= 0.6 is 0 Å². The van der Waals surface area contributed by atoms with Crippen molar-refractivity contribution in [2.45, 2.75) is 17.7 Å². The molecule has 1 fully saturated rings. The monoisotopic (exact) mass is 361 g/mol. The first-order chi connectivity index (χ1) is 12.0. The van der Waals surface area contributed by atoms with Crippen LogP contribution in [0.15, 0.2) is 35.6 Å². The quantitative estimate of drug-likeness (QED) is 0.792.